The number of ether oxygens (including phenoxy) is 2. The van der Waals surface area contributed by atoms with Crippen LogP contribution in [-0.2, 0) is 24.4 Å². The average molecular weight is 511 g/mol. The summed E-state index contributed by atoms with van der Waals surface area (Å²) in [6.45, 7) is 4.30. The van der Waals surface area contributed by atoms with Gasteiger partial charge in [0.25, 0.3) is 0 Å². The molecule has 0 saturated carbocycles. The fourth-order valence-corrected chi connectivity index (χ4v) is 4.96. The number of pyridine rings is 1. The van der Waals surface area contributed by atoms with Crippen molar-refractivity contribution in [1.29, 1.82) is 0 Å². The number of fused-ring (bicyclic) bond motifs is 1. The van der Waals surface area contributed by atoms with E-state index in [0.29, 0.717) is 25.6 Å². The molecule has 2 aliphatic rings. The molecule has 0 unspecified atom stereocenters. The third-order valence-corrected chi connectivity index (χ3v) is 7.19. The molecule has 0 amide bonds. The number of imidazole rings is 1. The predicted molar refractivity (Wildman–Crippen MR) is 144 cm³/mol. The van der Waals surface area contributed by atoms with Crippen molar-refractivity contribution < 1.29 is 19.4 Å². The predicted octanol–water partition coefficient (Wildman–Crippen LogP) is 4.79. The van der Waals surface area contributed by atoms with Crippen molar-refractivity contribution in [2.24, 2.45) is 0 Å². The molecule has 0 spiro atoms. The topological polar surface area (TPSA) is 89.7 Å². The van der Waals surface area contributed by atoms with Gasteiger partial charge in [-0.3, -0.25) is 4.90 Å². The van der Waals surface area contributed by atoms with Gasteiger partial charge in [0.15, 0.2) is 0 Å². The smallest absolute Gasteiger partial charge is 0.335 e. The standard InChI is InChI=1S/C30H30N4O4/c35-30(36)23-9-10-26-27(17-23)34(18-24-13-16-37-24)28(31-26)19-33-14-11-22(12-15-33)25-7-4-8-29(32-25)38-20-21-5-2-1-3-6-21/h1-11,17,24H,12-16,18-20H2,(H,35,36)/t24-/m0/s1. The van der Waals surface area contributed by atoms with E-state index in [1.165, 1.54) is 5.57 Å². The zero-order chi connectivity index (χ0) is 25.9. The Balaban J connectivity index is 1.16. The quantitative estimate of drug-likeness (QED) is 0.346. The molecule has 4 aromatic rings. The Morgan fingerprint density at radius 2 is 1.95 bits per heavy atom. The van der Waals surface area contributed by atoms with Gasteiger partial charge in [0.1, 0.15) is 12.4 Å². The molecule has 0 bridgehead atoms. The number of hydrogen-bond donors (Lipinski definition) is 1. The van der Waals surface area contributed by atoms with Crippen LogP contribution in [0.2, 0.25) is 0 Å². The zero-order valence-electron chi connectivity index (χ0n) is 21.1. The van der Waals surface area contributed by atoms with Gasteiger partial charge in [-0.2, -0.15) is 0 Å². The second-order valence-electron chi connectivity index (χ2n) is 9.78. The Labute approximate surface area is 221 Å². The number of hydrogen-bond acceptors (Lipinski definition) is 6. The number of carboxylic acids is 1. The van der Waals surface area contributed by atoms with E-state index in [-0.39, 0.29) is 11.7 Å². The van der Waals surface area contributed by atoms with Crippen LogP contribution in [0.5, 0.6) is 5.88 Å². The molecule has 1 N–H and O–H groups in total. The summed E-state index contributed by atoms with van der Waals surface area (Å²) in [5, 5.41) is 9.48. The minimum Gasteiger partial charge on any atom is -0.478 e. The highest BCUT2D eigenvalue weighted by Gasteiger charge is 2.24. The molecule has 38 heavy (non-hydrogen) atoms. The van der Waals surface area contributed by atoms with Crippen LogP contribution in [0.3, 0.4) is 0 Å². The van der Waals surface area contributed by atoms with E-state index in [0.717, 1.165) is 60.7 Å². The molecule has 2 aliphatic heterocycles. The molecule has 6 rings (SSSR count). The Bertz CT molecular complexity index is 1480. The molecule has 1 atom stereocenters. The molecule has 2 aromatic carbocycles. The fraction of sp³-hybridized carbons (Fsp3) is 0.300. The summed E-state index contributed by atoms with van der Waals surface area (Å²) in [5.41, 5.74) is 5.21. The summed E-state index contributed by atoms with van der Waals surface area (Å²) in [6, 6.07) is 21.2. The molecule has 4 heterocycles. The minimum atomic E-state index is -0.932. The zero-order valence-corrected chi connectivity index (χ0v) is 21.1. The SMILES string of the molecule is O=C(O)c1ccc2nc(CN3CC=C(c4cccc(OCc5ccccc5)n4)CC3)n(C[C@@H]3CCO3)c2c1. The highest BCUT2D eigenvalue weighted by Crippen LogP contribution is 2.26. The first-order valence-electron chi connectivity index (χ1n) is 13.0. The van der Waals surface area contributed by atoms with Gasteiger partial charge in [-0.15, -0.1) is 0 Å². The summed E-state index contributed by atoms with van der Waals surface area (Å²) >= 11 is 0. The van der Waals surface area contributed by atoms with Gasteiger partial charge in [-0.05, 0) is 48.2 Å². The monoisotopic (exact) mass is 510 g/mol. The molecule has 8 nitrogen and oxygen atoms in total. The van der Waals surface area contributed by atoms with Crippen LogP contribution in [-0.4, -0.2) is 56.3 Å². The van der Waals surface area contributed by atoms with Gasteiger partial charge in [-0.1, -0.05) is 42.5 Å². The Morgan fingerprint density at radius 1 is 1.08 bits per heavy atom. The molecule has 0 radical (unpaired) electrons. The van der Waals surface area contributed by atoms with E-state index in [2.05, 4.69) is 15.5 Å². The lowest BCUT2D eigenvalue weighted by Gasteiger charge is -2.29. The first kappa shape index (κ1) is 24.3. The number of aromatic carboxylic acids is 1. The average Bonchev–Trinajstić information content (AvgIpc) is 3.26. The van der Waals surface area contributed by atoms with Crippen molar-refractivity contribution >= 4 is 22.6 Å². The highest BCUT2D eigenvalue weighted by molar-refractivity contribution is 5.92. The van der Waals surface area contributed by atoms with Crippen molar-refractivity contribution in [1.82, 2.24) is 19.4 Å². The van der Waals surface area contributed by atoms with Gasteiger partial charge in [0, 0.05) is 25.8 Å². The summed E-state index contributed by atoms with van der Waals surface area (Å²) in [7, 11) is 0. The number of benzene rings is 2. The second-order valence-corrected chi connectivity index (χ2v) is 9.78. The fourth-order valence-electron chi connectivity index (χ4n) is 4.96. The molecule has 2 aromatic heterocycles. The lowest BCUT2D eigenvalue weighted by molar-refractivity contribution is -0.0591. The Hall–Kier alpha value is -4.01. The summed E-state index contributed by atoms with van der Waals surface area (Å²) in [4.78, 5) is 23.5. The largest absolute Gasteiger partial charge is 0.478 e. The lowest BCUT2D eigenvalue weighted by Crippen LogP contribution is -2.33. The van der Waals surface area contributed by atoms with Crippen LogP contribution in [0, 0.1) is 0 Å². The number of carbonyl (C=O) groups is 1. The summed E-state index contributed by atoms with van der Waals surface area (Å²) in [5.74, 6) is 0.629. The molecular weight excluding hydrogens is 480 g/mol. The highest BCUT2D eigenvalue weighted by atomic mass is 16.5. The van der Waals surface area contributed by atoms with Crippen molar-refractivity contribution in [3.05, 3.63) is 95.5 Å². The van der Waals surface area contributed by atoms with Crippen molar-refractivity contribution in [2.45, 2.75) is 38.6 Å². The van der Waals surface area contributed by atoms with Crippen LogP contribution >= 0.6 is 0 Å². The van der Waals surface area contributed by atoms with Gasteiger partial charge in [-0.25, -0.2) is 14.8 Å². The number of nitrogens with zero attached hydrogens (tertiary/aromatic N) is 4. The maximum absolute atomic E-state index is 11.6. The van der Waals surface area contributed by atoms with Crippen molar-refractivity contribution in [2.75, 3.05) is 19.7 Å². The molecular formula is C30H30N4O4. The lowest BCUT2D eigenvalue weighted by atomic mass is 10.0. The number of rotatable bonds is 9. The van der Waals surface area contributed by atoms with E-state index in [1.807, 2.05) is 48.5 Å². The Kier molecular flexibility index (Phi) is 6.90. The Morgan fingerprint density at radius 3 is 2.68 bits per heavy atom. The van der Waals surface area contributed by atoms with Gasteiger partial charge in [0.05, 0.1) is 41.5 Å². The van der Waals surface area contributed by atoms with Crippen LogP contribution in [0.4, 0.5) is 0 Å². The first-order valence-corrected chi connectivity index (χ1v) is 13.0. The normalized spacial score (nSPS) is 17.7. The minimum absolute atomic E-state index is 0.148. The summed E-state index contributed by atoms with van der Waals surface area (Å²) < 4.78 is 13.8. The maximum Gasteiger partial charge on any atom is 0.335 e. The first-order chi connectivity index (χ1) is 18.6. The third kappa shape index (κ3) is 5.32. The van der Waals surface area contributed by atoms with Crippen LogP contribution < -0.4 is 4.74 Å². The van der Waals surface area contributed by atoms with Gasteiger partial charge >= 0.3 is 5.97 Å². The molecule has 1 saturated heterocycles. The third-order valence-electron chi connectivity index (χ3n) is 7.19. The molecule has 1 fully saturated rings. The summed E-state index contributed by atoms with van der Waals surface area (Å²) in [6.07, 6.45) is 4.27. The van der Waals surface area contributed by atoms with Crippen molar-refractivity contribution in [3.8, 4) is 5.88 Å². The second kappa shape index (κ2) is 10.8. The van der Waals surface area contributed by atoms with E-state index in [4.69, 9.17) is 19.4 Å². The number of aromatic nitrogens is 3. The number of carboxylic acid groups (broad SMARTS) is 1. The van der Waals surface area contributed by atoms with Gasteiger partial charge < -0.3 is 19.1 Å². The van der Waals surface area contributed by atoms with Gasteiger partial charge in [0.2, 0.25) is 5.88 Å². The van der Waals surface area contributed by atoms with E-state index >= 15 is 0 Å². The van der Waals surface area contributed by atoms with E-state index < -0.39 is 5.97 Å². The molecule has 8 heteroatoms. The van der Waals surface area contributed by atoms with Crippen LogP contribution in [0.25, 0.3) is 16.6 Å². The maximum atomic E-state index is 11.6. The van der Waals surface area contributed by atoms with Crippen molar-refractivity contribution in [3.63, 3.8) is 0 Å². The molecule has 194 valence electrons. The van der Waals surface area contributed by atoms with E-state index in [1.54, 1.807) is 18.2 Å². The van der Waals surface area contributed by atoms with Crippen LogP contribution in [0.1, 0.15) is 40.3 Å². The molecule has 0 aliphatic carbocycles. The van der Waals surface area contributed by atoms with Crippen LogP contribution in [0.15, 0.2) is 72.8 Å². The van der Waals surface area contributed by atoms with E-state index in [9.17, 15) is 9.90 Å².